The normalized spacial score (nSPS) is 11.7. The number of rotatable bonds is 5. The van der Waals surface area contributed by atoms with E-state index in [1.807, 2.05) is 0 Å². The first-order valence-corrected chi connectivity index (χ1v) is 7.75. The van der Waals surface area contributed by atoms with E-state index in [9.17, 15) is 14.0 Å². The van der Waals surface area contributed by atoms with Gasteiger partial charge in [0.25, 0.3) is 5.91 Å². The van der Waals surface area contributed by atoms with E-state index in [0.717, 1.165) is 5.56 Å². The second kappa shape index (κ2) is 7.93. The minimum Gasteiger partial charge on any atom is -0.452 e. The van der Waals surface area contributed by atoms with Crippen LogP contribution in [0.1, 0.15) is 18.1 Å². The summed E-state index contributed by atoms with van der Waals surface area (Å²) in [5, 5.41) is 3.18. The highest BCUT2D eigenvalue weighted by molar-refractivity contribution is 6.31. The molecule has 0 radical (unpaired) electrons. The molecule has 0 aliphatic rings. The van der Waals surface area contributed by atoms with E-state index >= 15 is 0 Å². The largest absolute Gasteiger partial charge is 0.452 e. The van der Waals surface area contributed by atoms with Crippen LogP contribution in [0.15, 0.2) is 42.5 Å². The highest BCUT2D eigenvalue weighted by Gasteiger charge is 2.19. The topological polar surface area (TPSA) is 55.4 Å². The number of hydrogen-bond acceptors (Lipinski definition) is 3. The Morgan fingerprint density at radius 3 is 2.62 bits per heavy atom. The van der Waals surface area contributed by atoms with E-state index in [1.165, 1.54) is 25.1 Å². The number of carbonyl (C=O) groups is 2. The molecule has 0 bridgehead atoms. The van der Waals surface area contributed by atoms with E-state index in [1.54, 1.807) is 31.2 Å². The Bertz CT molecular complexity index is 764. The Labute approximate surface area is 144 Å². The van der Waals surface area contributed by atoms with Crippen LogP contribution in [-0.2, 0) is 20.7 Å². The number of ether oxygens (including phenoxy) is 1. The van der Waals surface area contributed by atoms with Crippen LogP contribution in [-0.4, -0.2) is 18.0 Å². The summed E-state index contributed by atoms with van der Waals surface area (Å²) in [5.41, 5.74) is 1.49. The van der Waals surface area contributed by atoms with Crippen molar-refractivity contribution >= 4 is 29.2 Å². The fourth-order valence-corrected chi connectivity index (χ4v) is 2.24. The van der Waals surface area contributed by atoms with Gasteiger partial charge in [-0.1, -0.05) is 35.9 Å². The maximum absolute atomic E-state index is 13.5. The third-order valence-electron chi connectivity index (χ3n) is 3.50. The molecular formula is C18H17ClFNO3. The number of esters is 1. The van der Waals surface area contributed by atoms with Crippen molar-refractivity contribution in [2.24, 2.45) is 0 Å². The quantitative estimate of drug-likeness (QED) is 0.833. The van der Waals surface area contributed by atoms with Gasteiger partial charge in [0.1, 0.15) is 5.82 Å². The summed E-state index contributed by atoms with van der Waals surface area (Å²) in [6.07, 6.45) is -1.25. The monoisotopic (exact) mass is 349 g/mol. The number of hydrogen-bond donors (Lipinski definition) is 1. The third-order valence-corrected chi connectivity index (χ3v) is 3.91. The zero-order valence-electron chi connectivity index (χ0n) is 13.3. The van der Waals surface area contributed by atoms with Gasteiger partial charge in [0.05, 0.1) is 6.42 Å². The smallest absolute Gasteiger partial charge is 0.311 e. The van der Waals surface area contributed by atoms with Crippen LogP contribution in [0.5, 0.6) is 0 Å². The average molecular weight is 350 g/mol. The van der Waals surface area contributed by atoms with E-state index < -0.39 is 23.8 Å². The van der Waals surface area contributed by atoms with Gasteiger partial charge in [0.2, 0.25) is 0 Å². The predicted molar refractivity (Wildman–Crippen MR) is 90.5 cm³/mol. The fourth-order valence-electron chi connectivity index (χ4n) is 2.07. The maximum Gasteiger partial charge on any atom is 0.311 e. The van der Waals surface area contributed by atoms with Crippen molar-refractivity contribution in [2.45, 2.75) is 26.4 Å². The number of nitrogens with one attached hydrogen (secondary N) is 1. The molecule has 1 N–H and O–H groups in total. The number of halogens is 2. The Kier molecular flexibility index (Phi) is 5.93. The number of benzene rings is 2. The van der Waals surface area contributed by atoms with Crippen LogP contribution in [0.2, 0.25) is 5.02 Å². The second-order valence-electron chi connectivity index (χ2n) is 5.30. The van der Waals surface area contributed by atoms with Crippen LogP contribution >= 0.6 is 11.6 Å². The highest BCUT2D eigenvalue weighted by Crippen LogP contribution is 2.23. The number of carbonyl (C=O) groups excluding carboxylic acids is 2. The molecule has 2 rings (SSSR count). The summed E-state index contributed by atoms with van der Waals surface area (Å²) in [7, 11) is 0. The number of amides is 1. The number of anilines is 1. The van der Waals surface area contributed by atoms with Crippen LogP contribution in [0.25, 0.3) is 0 Å². The second-order valence-corrected chi connectivity index (χ2v) is 5.71. The van der Waals surface area contributed by atoms with Crippen LogP contribution in [0.4, 0.5) is 10.1 Å². The fraction of sp³-hybridized carbons (Fsp3) is 0.222. The first-order chi connectivity index (χ1) is 11.4. The van der Waals surface area contributed by atoms with Gasteiger partial charge in [0, 0.05) is 10.7 Å². The molecule has 0 aliphatic heterocycles. The van der Waals surface area contributed by atoms with Gasteiger partial charge in [-0.05, 0) is 43.2 Å². The van der Waals surface area contributed by atoms with Crippen molar-refractivity contribution in [1.29, 1.82) is 0 Å². The Morgan fingerprint density at radius 2 is 1.92 bits per heavy atom. The van der Waals surface area contributed by atoms with Gasteiger partial charge in [-0.2, -0.15) is 0 Å². The molecule has 1 atom stereocenters. The van der Waals surface area contributed by atoms with Crippen molar-refractivity contribution in [2.75, 3.05) is 5.32 Å². The summed E-state index contributed by atoms with van der Waals surface area (Å²) in [6.45, 7) is 3.22. The minimum atomic E-state index is -1.01. The van der Waals surface area contributed by atoms with Gasteiger partial charge in [-0.3, -0.25) is 9.59 Å². The highest BCUT2D eigenvalue weighted by atomic mass is 35.5. The van der Waals surface area contributed by atoms with E-state index in [-0.39, 0.29) is 12.0 Å². The molecule has 1 amide bonds. The summed E-state index contributed by atoms with van der Waals surface area (Å²) < 4.78 is 18.6. The Morgan fingerprint density at radius 1 is 1.21 bits per heavy atom. The molecule has 0 aliphatic carbocycles. The van der Waals surface area contributed by atoms with E-state index in [4.69, 9.17) is 16.3 Å². The van der Waals surface area contributed by atoms with Crippen molar-refractivity contribution in [3.63, 3.8) is 0 Å². The maximum atomic E-state index is 13.5. The Hall–Kier alpha value is -2.40. The predicted octanol–water partition coefficient (Wildman–Crippen LogP) is 3.90. The van der Waals surface area contributed by atoms with Gasteiger partial charge in [-0.25, -0.2) is 4.39 Å². The molecular weight excluding hydrogens is 333 g/mol. The molecule has 126 valence electrons. The van der Waals surface area contributed by atoms with Gasteiger partial charge in [0.15, 0.2) is 6.10 Å². The molecule has 2 aromatic carbocycles. The lowest BCUT2D eigenvalue weighted by Crippen LogP contribution is -2.30. The van der Waals surface area contributed by atoms with E-state index in [0.29, 0.717) is 10.7 Å². The summed E-state index contributed by atoms with van der Waals surface area (Å²) >= 11 is 5.99. The standard InChI is InChI=1S/C18H17ClFNO3/c1-11-14(19)7-5-9-16(11)21-18(23)12(2)24-17(22)10-13-6-3-4-8-15(13)20/h3-9,12H,10H2,1-2H3,(H,21,23)/t12-/m1/s1. The average Bonchev–Trinajstić information content (AvgIpc) is 2.54. The molecule has 6 heteroatoms. The molecule has 0 saturated heterocycles. The van der Waals surface area contributed by atoms with Crippen molar-refractivity contribution in [3.8, 4) is 0 Å². The first kappa shape index (κ1) is 17.9. The molecule has 0 saturated carbocycles. The molecule has 0 spiro atoms. The van der Waals surface area contributed by atoms with Gasteiger partial charge in [-0.15, -0.1) is 0 Å². The molecule has 4 nitrogen and oxygen atoms in total. The zero-order chi connectivity index (χ0) is 17.7. The van der Waals surface area contributed by atoms with Crippen molar-refractivity contribution in [3.05, 3.63) is 64.4 Å². The van der Waals surface area contributed by atoms with Gasteiger partial charge >= 0.3 is 5.97 Å². The summed E-state index contributed by atoms with van der Waals surface area (Å²) in [5.74, 6) is -1.64. The van der Waals surface area contributed by atoms with E-state index in [2.05, 4.69) is 5.32 Å². The van der Waals surface area contributed by atoms with Crippen molar-refractivity contribution < 1.29 is 18.7 Å². The van der Waals surface area contributed by atoms with Crippen molar-refractivity contribution in [1.82, 2.24) is 0 Å². The molecule has 24 heavy (non-hydrogen) atoms. The molecule has 0 aromatic heterocycles. The molecule has 0 fully saturated rings. The zero-order valence-corrected chi connectivity index (χ0v) is 14.1. The first-order valence-electron chi connectivity index (χ1n) is 7.37. The Balaban J connectivity index is 1.95. The molecule has 2 aromatic rings. The SMILES string of the molecule is Cc1c(Cl)cccc1NC(=O)[C@@H](C)OC(=O)Cc1ccccc1F. The van der Waals surface area contributed by atoms with Crippen LogP contribution < -0.4 is 5.32 Å². The lowest BCUT2D eigenvalue weighted by Gasteiger charge is -2.15. The van der Waals surface area contributed by atoms with Crippen LogP contribution in [0, 0.1) is 12.7 Å². The lowest BCUT2D eigenvalue weighted by molar-refractivity contribution is -0.152. The summed E-state index contributed by atoms with van der Waals surface area (Å²) in [4.78, 5) is 24.0. The van der Waals surface area contributed by atoms with Gasteiger partial charge < -0.3 is 10.1 Å². The molecule has 0 unspecified atom stereocenters. The lowest BCUT2D eigenvalue weighted by atomic mass is 10.1. The summed E-state index contributed by atoms with van der Waals surface area (Å²) in [6, 6.07) is 11.0. The minimum absolute atomic E-state index is 0.223. The third kappa shape index (κ3) is 4.55. The van der Waals surface area contributed by atoms with Crippen LogP contribution in [0.3, 0.4) is 0 Å². The molecule has 0 heterocycles.